The lowest BCUT2D eigenvalue weighted by atomic mass is 9.80. The maximum Gasteiger partial charge on any atom is 0.405 e. The Bertz CT molecular complexity index is 807. The molecule has 3 rings (SSSR count). The monoisotopic (exact) mass is 349 g/mol. The van der Waals surface area contributed by atoms with E-state index in [1.54, 1.807) is 12.1 Å². The second-order valence-electron chi connectivity index (χ2n) is 6.48. The van der Waals surface area contributed by atoms with Crippen molar-refractivity contribution >= 4 is 17.7 Å². The van der Waals surface area contributed by atoms with Crippen LogP contribution in [-0.4, -0.2) is 12.7 Å². The van der Waals surface area contributed by atoms with E-state index in [2.05, 4.69) is 0 Å². The molecule has 1 heterocycles. The molecule has 0 saturated heterocycles. The van der Waals surface area contributed by atoms with Gasteiger partial charge in [0.15, 0.2) is 0 Å². The molecule has 0 aliphatic carbocycles. The smallest absolute Gasteiger partial charge is 0.405 e. The van der Waals surface area contributed by atoms with Crippen molar-refractivity contribution in [2.75, 3.05) is 6.61 Å². The first kappa shape index (κ1) is 16.6. The molecule has 2 aromatic carbocycles. The summed E-state index contributed by atoms with van der Waals surface area (Å²) in [6.45, 7) is 4.26. The Labute approximate surface area is 144 Å². The minimum Gasteiger partial charge on any atom is -0.492 e. The van der Waals surface area contributed by atoms with Gasteiger partial charge in [-0.2, -0.15) is 0 Å². The third-order valence-electron chi connectivity index (χ3n) is 4.09. The number of hydrogen-bond acceptors (Lipinski definition) is 3. The van der Waals surface area contributed by atoms with Crippen molar-refractivity contribution in [1.29, 1.82) is 0 Å². The van der Waals surface area contributed by atoms with Crippen molar-refractivity contribution in [1.82, 2.24) is 0 Å². The molecule has 6 heteroatoms. The first-order chi connectivity index (χ1) is 11.3. The highest BCUT2D eigenvalue weighted by Crippen LogP contribution is 2.46. The number of halogens is 2. The third-order valence-corrected chi connectivity index (χ3v) is 4.38. The maximum atomic E-state index is 13.3. The van der Waals surface area contributed by atoms with Gasteiger partial charge in [0.2, 0.25) is 0 Å². The number of primary amides is 1. The van der Waals surface area contributed by atoms with E-state index in [1.807, 2.05) is 32.0 Å². The quantitative estimate of drug-likeness (QED) is 0.854. The van der Waals surface area contributed by atoms with Crippen molar-refractivity contribution in [3.63, 3.8) is 0 Å². The molecule has 24 heavy (non-hydrogen) atoms. The molecule has 1 amide bonds. The van der Waals surface area contributed by atoms with Crippen molar-refractivity contribution in [3.8, 4) is 16.9 Å². The summed E-state index contributed by atoms with van der Waals surface area (Å²) >= 11 is 5.85. The predicted octanol–water partition coefficient (Wildman–Crippen LogP) is 4.70. The fourth-order valence-corrected chi connectivity index (χ4v) is 3.01. The first-order valence-electron chi connectivity index (χ1n) is 7.46. The lowest BCUT2D eigenvalue weighted by molar-refractivity contribution is -0.0176. The van der Waals surface area contributed by atoms with Gasteiger partial charge in [0.05, 0.1) is 11.6 Å². The van der Waals surface area contributed by atoms with Gasteiger partial charge in [-0.15, -0.1) is 0 Å². The van der Waals surface area contributed by atoms with Gasteiger partial charge < -0.3 is 15.2 Å². The molecular formula is C18H17ClFNO3. The highest BCUT2D eigenvalue weighted by molar-refractivity contribution is 6.31. The van der Waals surface area contributed by atoms with Gasteiger partial charge in [-0.3, -0.25) is 0 Å². The molecule has 2 N–H and O–H groups in total. The number of ether oxygens (including phenoxy) is 2. The molecule has 2 aromatic rings. The van der Waals surface area contributed by atoms with Gasteiger partial charge in [-0.1, -0.05) is 43.6 Å². The predicted molar refractivity (Wildman–Crippen MR) is 89.5 cm³/mol. The Balaban J connectivity index is 2.02. The van der Waals surface area contributed by atoms with Crippen LogP contribution in [0.2, 0.25) is 5.02 Å². The summed E-state index contributed by atoms with van der Waals surface area (Å²) in [6, 6.07) is 10.0. The van der Waals surface area contributed by atoms with E-state index in [0.29, 0.717) is 12.4 Å². The Kier molecular flexibility index (Phi) is 4.13. The van der Waals surface area contributed by atoms with Crippen LogP contribution in [-0.2, 0) is 4.74 Å². The van der Waals surface area contributed by atoms with Crippen molar-refractivity contribution < 1.29 is 18.7 Å². The number of carbonyl (C=O) groups excluding carboxylic acids is 1. The van der Waals surface area contributed by atoms with Gasteiger partial charge in [-0.25, -0.2) is 9.18 Å². The number of rotatable bonds is 2. The largest absolute Gasteiger partial charge is 0.492 e. The molecule has 0 saturated carbocycles. The molecule has 0 radical (unpaired) electrons. The number of fused-ring (bicyclic) bond motifs is 1. The van der Waals surface area contributed by atoms with Crippen molar-refractivity contribution in [2.45, 2.75) is 20.0 Å². The Morgan fingerprint density at radius 3 is 2.62 bits per heavy atom. The van der Waals surface area contributed by atoms with Gasteiger partial charge in [-0.05, 0) is 29.3 Å². The van der Waals surface area contributed by atoms with E-state index in [4.69, 9.17) is 26.8 Å². The van der Waals surface area contributed by atoms with E-state index >= 15 is 0 Å². The first-order valence-corrected chi connectivity index (χ1v) is 7.84. The van der Waals surface area contributed by atoms with Gasteiger partial charge in [0.25, 0.3) is 0 Å². The average Bonchev–Trinajstić information content (AvgIpc) is 2.52. The SMILES string of the molecule is CC1(C)COc2cc(-c3ccc(F)c(Cl)c3)ccc2C1OC(N)=O. The van der Waals surface area contributed by atoms with E-state index in [0.717, 1.165) is 16.7 Å². The average molecular weight is 350 g/mol. The second-order valence-corrected chi connectivity index (χ2v) is 6.88. The van der Waals surface area contributed by atoms with Crippen molar-refractivity contribution in [3.05, 3.63) is 52.8 Å². The summed E-state index contributed by atoms with van der Waals surface area (Å²) in [6.07, 6.45) is -1.32. The third kappa shape index (κ3) is 3.04. The van der Waals surface area contributed by atoms with Crippen LogP contribution in [0.15, 0.2) is 36.4 Å². The molecule has 0 spiro atoms. The molecule has 1 unspecified atom stereocenters. The fraction of sp³-hybridized carbons (Fsp3) is 0.278. The molecule has 1 aliphatic rings. The Morgan fingerprint density at radius 1 is 1.29 bits per heavy atom. The zero-order chi connectivity index (χ0) is 17.5. The minimum atomic E-state index is -0.824. The normalized spacial score (nSPS) is 18.4. The van der Waals surface area contributed by atoms with Crippen LogP contribution in [0.3, 0.4) is 0 Å². The van der Waals surface area contributed by atoms with E-state index in [1.165, 1.54) is 6.07 Å². The zero-order valence-corrected chi connectivity index (χ0v) is 14.1. The van der Waals surface area contributed by atoms with Gasteiger partial charge in [0, 0.05) is 11.0 Å². The van der Waals surface area contributed by atoms with Crippen LogP contribution >= 0.6 is 11.6 Å². The summed E-state index contributed by atoms with van der Waals surface area (Å²) in [5.74, 6) is 0.143. The van der Waals surface area contributed by atoms with E-state index in [9.17, 15) is 9.18 Å². The van der Waals surface area contributed by atoms with Crippen LogP contribution in [0.5, 0.6) is 5.75 Å². The Morgan fingerprint density at radius 2 is 1.96 bits per heavy atom. The standard InChI is InChI=1S/C18H17ClFNO3/c1-18(2)9-23-15-8-11(10-4-6-14(20)13(19)7-10)3-5-12(15)16(18)24-17(21)22/h3-8,16H,9H2,1-2H3,(H2,21,22). The summed E-state index contributed by atoms with van der Waals surface area (Å²) in [5, 5.41) is 0.0576. The number of benzene rings is 2. The van der Waals surface area contributed by atoms with Crippen LogP contribution in [0.4, 0.5) is 9.18 Å². The molecule has 126 valence electrons. The van der Waals surface area contributed by atoms with Crippen LogP contribution in [0, 0.1) is 11.2 Å². The maximum absolute atomic E-state index is 13.3. The molecular weight excluding hydrogens is 333 g/mol. The number of nitrogens with two attached hydrogens (primary N) is 1. The second kappa shape index (κ2) is 5.98. The van der Waals surface area contributed by atoms with Crippen LogP contribution < -0.4 is 10.5 Å². The van der Waals surface area contributed by atoms with Crippen molar-refractivity contribution in [2.24, 2.45) is 11.1 Å². The fourth-order valence-electron chi connectivity index (χ4n) is 2.83. The molecule has 4 nitrogen and oxygen atoms in total. The minimum absolute atomic E-state index is 0.0576. The lowest BCUT2D eigenvalue weighted by Crippen LogP contribution is -2.37. The molecule has 0 bridgehead atoms. The number of amides is 1. The zero-order valence-electron chi connectivity index (χ0n) is 13.3. The highest BCUT2D eigenvalue weighted by Gasteiger charge is 2.40. The number of hydrogen-bond donors (Lipinski definition) is 1. The molecule has 0 fully saturated rings. The van der Waals surface area contributed by atoms with Gasteiger partial charge in [0.1, 0.15) is 17.7 Å². The highest BCUT2D eigenvalue weighted by atomic mass is 35.5. The van der Waals surface area contributed by atoms with E-state index < -0.39 is 23.4 Å². The molecule has 1 atom stereocenters. The van der Waals surface area contributed by atoms with Crippen LogP contribution in [0.1, 0.15) is 25.5 Å². The van der Waals surface area contributed by atoms with Crippen LogP contribution in [0.25, 0.3) is 11.1 Å². The van der Waals surface area contributed by atoms with E-state index in [-0.39, 0.29) is 5.02 Å². The summed E-state index contributed by atoms with van der Waals surface area (Å²) in [4.78, 5) is 11.2. The molecule has 0 aromatic heterocycles. The number of carbonyl (C=O) groups is 1. The Hall–Kier alpha value is -2.27. The summed E-state index contributed by atoms with van der Waals surface area (Å²) in [7, 11) is 0. The lowest BCUT2D eigenvalue weighted by Gasteiger charge is -2.38. The summed E-state index contributed by atoms with van der Waals surface area (Å²) < 4.78 is 24.5. The summed E-state index contributed by atoms with van der Waals surface area (Å²) in [5.41, 5.74) is 7.15. The topological polar surface area (TPSA) is 61.6 Å². The van der Waals surface area contributed by atoms with Gasteiger partial charge >= 0.3 is 6.09 Å². The molecule has 1 aliphatic heterocycles.